The van der Waals surface area contributed by atoms with Gasteiger partial charge in [-0.3, -0.25) is 4.90 Å². The summed E-state index contributed by atoms with van der Waals surface area (Å²) < 4.78 is 16.8. The van der Waals surface area contributed by atoms with E-state index in [1.807, 2.05) is 54.6 Å². The van der Waals surface area contributed by atoms with E-state index in [4.69, 9.17) is 14.2 Å². The highest BCUT2D eigenvalue weighted by Crippen LogP contribution is 2.46. The van der Waals surface area contributed by atoms with E-state index in [0.29, 0.717) is 41.5 Å². The molecule has 1 aliphatic carbocycles. The van der Waals surface area contributed by atoms with E-state index in [0.717, 1.165) is 52.2 Å². The summed E-state index contributed by atoms with van der Waals surface area (Å²) >= 11 is 0. The van der Waals surface area contributed by atoms with Crippen LogP contribution in [0.1, 0.15) is 25.0 Å². The molecule has 0 radical (unpaired) electrons. The molecule has 0 atom stereocenters. The van der Waals surface area contributed by atoms with Crippen molar-refractivity contribution in [2.24, 2.45) is 5.92 Å². The Kier molecular flexibility index (Phi) is 6.83. The minimum atomic E-state index is -0.334. The highest BCUT2D eigenvalue weighted by molar-refractivity contribution is 5.97. The second kappa shape index (κ2) is 10.7. The topological polar surface area (TPSA) is 110 Å². The second-order valence-corrected chi connectivity index (χ2v) is 9.96. The lowest BCUT2D eigenvalue weighted by Gasteiger charge is -2.19. The number of benzene rings is 3. The van der Waals surface area contributed by atoms with Gasteiger partial charge in [0.2, 0.25) is 0 Å². The first-order chi connectivity index (χ1) is 19.6. The highest BCUT2D eigenvalue weighted by atomic mass is 16.6. The Bertz CT molecular complexity index is 1630. The van der Waals surface area contributed by atoms with Gasteiger partial charge in [0, 0.05) is 23.2 Å². The van der Waals surface area contributed by atoms with Crippen molar-refractivity contribution in [1.82, 2.24) is 10.2 Å². The van der Waals surface area contributed by atoms with Gasteiger partial charge in [-0.25, -0.2) is 4.79 Å². The molecule has 3 aromatic carbocycles. The Morgan fingerprint density at radius 2 is 1.85 bits per heavy atom. The Labute approximate surface area is 232 Å². The summed E-state index contributed by atoms with van der Waals surface area (Å²) in [6.45, 7) is 1.72. The van der Waals surface area contributed by atoms with Gasteiger partial charge in [0.1, 0.15) is 24.2 Å². The predicted molar refractivity (Wildman–Crippen MR) is 153 cm³/mol. The van der Waals surface area contributed by atoms with Crippen molar-refractivity contribution in [3.63, 3.8) is 0 Å². The first kappa shape index (κ1) is 25.4. The molecule has 0 spiro atoms. The fourth-order valence-electron chi connectivity index (χ4n) is 5.22. The Morgan fingerprint density at radius 1 is 1.05 bits per heavy atom. The lowest BCUT2D eigenvalue weighted by atomic mass is 9.95. The third kappa shape index (κ3) is 4.73. The van der Waals surface area contributed by atoms with Crippen LogP contribution in [0.25, 0.3) is 33.2 Å². The Balaban J connectivity index is 1.39. The van der Waals surface area contributed by atoms with E-state index in [2.05, 4.69) is 21.6 Å². The molecule has 1 saturated heterocycles. The molecule has 9 nitrogen and oxygen atoms in total. The maximum Gasteiger partial charge on any atom is 0.414 e. The van der Waals surface area contributed by atoms with Gasteiger partial charge >= 0.3 is 6.09 Å². The van der Waals surface area contributed by atoms with Crippen molar-refractivity contribution in [1.29, 1.82) is 5.26 Å². The summed E-state index contributed by atoms with van der Waals surface area (Å²) in [5, 5.41) is 22.5. The molecule has 1 N–H and O–H groups in total. The van der Waals surface area contributed by atoms with Gasteiger partial charge in [0.25, 0.3) is 0 Å². The molecule has 2 fully saturated rings. The molecule has 1 aliphatic heterocycles. The van der Waals surface area contributed by atoms with Crippen molar-refractivity contribution in [2.75, 3.05) is 44.1 Å². The van der Waals surface area contributed by atoms with Gasteiger partial charge in [-0.2, -0.15) is 5.26 Å². The van der Waals surface area contributed by atoms with Gasteiger partial charge in [-0.05, 0) is 59.9 Å². The zero-order valence-corrected chi connectivity index (χ0v) is 22.4. The first-order valence-electron chi connectivity index (χ1n) is 13.4. The van der Waals surface area contributed by atoms with Crippen LogP contribution in [-0.4, -0.2) is 50.2 Å². The van der Waals surface area contributed by atoms with Gasteiger partial charge < -0.3 is 19.5 Å². The van der Waals surface area contributed by atoms with Crippen molar-refractivity contribution in [3.05, 3.63) is 60.3 Å². The maximum absolute atomic E-state index is 12.0. The summed E-state index contributed by atoms with van der Waals surface area (Å²) in [5.41, 5.74) is 5.90. The second-order valence-electron chi connectivity index (χ2n) is 9.96. The zero-order chi connectivity index (χ0) is 27.6. The average molecular weight is 536 g/mol. The van der Waals surface area contributed by atoms with E-state index in [1.165, 1.54) is 12.8 Å². The number of nitriles is 1. The third-order valence-electron chi connectivity index (χ3n) is 7.50. The van der Waals surface area contributed by atoms with E-state index in [9.17, 15) is 10.1 Å². The van der Waals surface area contributed by atoms with E-state index in [1.54, 1.807) is 19.1 Å². The van der Waals surface area contributed by atoms with E-state index < -0.39 is 0 Å². The summed E-state index contributed by atoms with van der Waals surface area (Å²) in [5.74, 6) is 2.09. The quantitative estimate of drug-likeness (QED) is 0.277. The molecule has 0 unspecified atom stereocenters. The molecule has 2 aliphatic rings. The van der Waals surface area contributed by atoms with Gasteiger partial charge in [-0.15, -0.1) is 10.2 Å². The lowest BCUT2D eigenvalue weighted by molar-refractivity contribution is 0.181. The molecular weight excluding hydrogens is 506 g/mol. The van der Waals surface area contributed by atoms with E-state index in [-0.39, 0.29) is 6.09 Å². The summed E-state index contributed by atoms with van der Waals surface area (Å²) in [6, 6.07) is 19.7. The maximum atomic E-state index is 12.0. The minimum absolute atomic E-state index is 0.291. The number of cyclic esters (lactones) is 1. The van der Waals surface area contributed by atoms with Crippen molar-refractivity contribution >= 4 is 28.4 Å². The van der Waals surface area contributed by atoms with Crippen molar-refractivity contribution in [3.8, 4) is 39.8 Å². The monoisotopic (exact) mass is 535 g/mol. The number of fused-ring (bicyclic) bond motifs is 1. The third-order valence-corrected chi connectivity index (χ3v) is 7.50. The standard InChI is InChI=1S/C31H29N5O4/c1-38-27-12-11-23(20-5-8-22(9-6-20)36-15-16-40-31(36)37)30(39-2)28(27)21-7-10-24-25(17-21)34-35-26(18-32)29(24)33-14-13-19-3-4-19/h5-12,17,19H,3-4,13-16H2,1-2H3,(H,33,34). The van der Waals surface area contributed by atoms with Crippen LogP contribution in [0.4, 0.5) is 16.2 Å². The summed E-state index contributed by atoms with van der Waals surface area (Å²) in [7, 11) is 3.27. The molecule has 1 amide bonds. The number of anilines is 2. The fourth-order valence-corrected chi connectivity index (χ4v) is 5.22. The molecule has 9 heteroatoms. The summed E-state index contributed by atoms with van der Waals surface area (Å²) in [6.07, 6.45) is 3.31. The summed E-state index contributed by atoms with van der Waals surface area (Å²) in [4.78, 5) is 13.6. The molecule has 202 valence electrons. The molecule has 40 heavy (non-hydrogen) atoms. The number of carbonyl (C=O) groups is 1. The van der Waals surface area contributed by atoms with Gasteiger partial charge in [0.15, 0.2) is 5.69 Å². The lowest BCUT2D eigenvalue weighted by Crippen LogP contribution is -2.23. The van der Waals surface area contributed by atoms with Crippen LogP contribution in [0, 0.1) is 17.2 Å². The van der Waals surface area contributed by atoms with Crippen LogP contribution in [-0.2, 0) is 4.74 Å². The van der Waals surface area contributed by atoms with Crippen LogP contribution in [0.2, 0.25) is 0 Å². The largest absolute Gasteiger partial charge is 0.496 e. The van der Waals surface area contributed by atoms with Crippen LogP contribution in [0.3, 0.4) is 0 Å². The number of nitrogens with one attached hydrogen (secondary N) is 1. The van der Waals surface area contributed by atoms with Crippen LogP contribution < -0.4 is 19.7 Å². The number of nitrogens with zero attached hydrogens (tertiary/aromatic N) is 4. The molecule has 2 heterocycles. The number of ether oxygens (including phenoxy) is 3. The normalized spacial score (nSPS) is 14.6. The number of hydrogen-bond acceptors (Lipinski definition) is 8. The van der Waals surface area contributed by atoms with Crippen molar-refractivity contribution < 1.29 is 19.0 Å². The molecule has 1 saturated carbocycles. The average Bonchev–Trinajstić information content (AvgIpc) is 3.73. The molecule has 4 aromatic rings. The molecule has 6 rings (SSSR count). The highest BCUT2D eigenvalue weighted by Gasteiger charge is 2.25. The number of amides is 1. The smallest absolute Gasteiger partial charge is 0.414 e. The van der Waals surface area contributed by atoms with Crippen molar-refractivity contribution in [2.45, 2.75) is 19.3 Å². The van der Waals surface area contributed by atoms with Gasteiger partial charge in [-0.1, -0.05) is 31.0 Å². The van der Waals surface area contributed by atoms with Crippen LogP contribution >= 0.6 is 0 Å². The number of aromatic nitrogens is 2. The number of rotatable bonds is 9. The molecular formula is C31H29N5O4. The zero-order valence-electron chi connectivity index (χ0n) is 22.4. The Hall–Kier alpha value is -4.84. The van der Waals surface area contributed by atoms with Gasteiger partial charge in [0.05, 0.1) is 37.5 Å². The minimum Gasteiger partial charge on any atom is -0.496 e. The number of carbonyl (C=O) groups excluding carboxylic acids is 1. The number of hydrogen-bond donors (Lipinski definition) is 1. The fraction of sp³-hybridized carbons (Fsp3) is 0.290. The predicted octanol–water partition coefficient (Wildman–Crippen LogP) is 6.02. The number of methoxy groups -OCH3 is 2. The first-order valence-corrected chi connectivity index (χ1v) is 13.4. The van der Waals surface area contributed by atoms with E-state index >= 15 is 0 Å². The van der Waals surface area contributed by atoms with Crippen LogP contribution in [0.15, 0.2) is 54.6 Å². The molecule has 1 aromatic heterocycles. The Morgan fingerprint density at radius 3 is 2.52 bits per heavy atom. The SMILES string of the molecule is COc1ccc(-c2ccc(N3CCOC3=O)cc2)c(OC)c1-c1ccc2c(NCCC3CC3)c(C#N)nnc2c1. The molecule has 0 bridgehead atoms. The van der Waals surface area contributed by atoms with Crippen LogP contribution in [0.5, 0.6) is 11.5 Å².